The zero-order chi connectivity index (χ0) is 30.7. The minimum absolute atomic E-state index is 0.0225. The summed E-state index contributed by atoms with van der Waals surface area (Å²) < 4.78 is 41.2. The Balaban J connectivity index is 1.23. The standard InChI is InChI=1S/C31H35F2N5O5/c1-37(19-31(40,20-38-22-34-21-35-38)28-13-8-25(32)17-29(28)33)18-24-5-11-27(12-6-24)43-16-2-15-42-26-9-3-23(4-10-26)7-14-30(39)36-41/h3-6,8-13,17,21-22,40-41H,2,7,14-16,18-20H2,1H3,(H,36,39). The molecular formula is C31H35F2N5O5. The largest absolute Gasteiger partial charge is 0.493 e. The monoisotopic (exact) mass is 595 g/mol. The van der Waals surface area contributed by atoms with Crippen molar-refractivity contribution in [3.8, 4) is 11.5 Å². The van der Waals surface area contributed by atoms with Gasteiger partial charge in [-0.1, -0.05) is 30.3 Å². The van der Waals surface area contributed by atoms with Gasteiger partial charge >= 0.3 is 0 Å². The molecule has 10 nitrogen and oxygen atoms in total. The van der Waals surface area contributed by atoms with E-state index in [1.807, 2.05) is 53.4 Å². The molecule has 3 N–H and O–H groups in total. The fourth-order valence-electron chi connectivity index (χ4n) is 4.68. The molecule has 0 aliphatic carbocycles. The van der Waals surface area contributed by atoms with Gasteiger partial charge in [0.05, 0.1) is 19.8 Å². The van der Waals surface area contributed by atoms with E-state index in [0.29, 0.717) is 38.3 Å². The van der Waals surface area contributed by atoms with E-state index in [9.17, 15) is 18.7 Å². The van der Waals surface area contributed by atoms with Crippen LogP contribution >= 0.6 is 0 Å². The molecule has 0 saturated carbocycles. The highest BCUT2D eigenvalue weighted by Crippen LogP contribution is 2.28. The number of aromatic nitrogens is 3. The topological polar surface area (TPSA) is 122 Å². The number of aryl methyl sites for hydroxylation is 1. The number of nitrogens with zero attached hydrogens (tertiary/aromatic N) is 4. The van der Waals surface area contributed by atoms with E-state index in [0.717, 1.165) is 29.0 Å². The highest BCUT2D eigenvalue weighted by molar-refractivity contribution is 5.74. The number of hydrogen-bond donors (Lipinski definition) is 3. The van der Waals surface area contributed by atoms with E-state index in [1.54, 1.807) is 12.5 Å². The van der Waals surface area contributed by atoms with Crippen molar-refractivity contribution < 1.29 is 33.4 Å². The molecule has 228 valence electrons. The van der Waals surface area contributed by atoms with Crippen molar-refractivity contribution >= 4 is 5.91 Å². The van der Waals surface area contributed by atoms with Crippen LogP contribution in [0.4, 0.5) is 8.78 Å². The second-order valence-corrected chi connectivity index (χ2v) is 10.3. The zero-order valence-corrected chi connectivity index (χ0v) is 23.8. The summed E-state index contributed by atoms with van der Waals surface area (Å²) in [5, 5.41) is 24.1. The summed E-state index contributed by atoms with van der Waals surface area (Å²) in [5.41, 5.74) is 1.84. The van der Waals surface area contributed by atoms with Gasteiger partial charge in [0.25, 0.3) is 0 Å². The highest BCUT2D eigenvalue weighted by atomic mass is 19.1. The predicted molar refractivity (Wildman–Crippen MR) is 153 cm³/mol. The van der Waals surface area contributed by atoms with E-state index in [4.69, 9.17) is 14.7 Å². The number of nitrogens with one attached hydrogen (secondary N) is 1. The number of likely N-dealkylation sites (N-methyl/N-ethyl adjacent to an activating group) is 1. The van der Waals surface area contributed by atoms with E-state index in [1.165, 1.54) is 23.4 Å². The summed E-state index contributed by atoms with van der Waals surface area (Å²) in [7, 11) is 1.81. The molecule has 4 aromatic rings. The molecule has 1 aromatic heterocycles. The molecule has 3 aromatic carbocycles. The lowest BCUT2D eigenvalue weighted by Gasteiger charge is -2.33. The number of carbonyl (C=O) groups is 1. The summed E-state index contributed by atoms with van der Waals surface area (Å²) in [6.07, 6.45) is 4.16. The third-order valence-electron chi connectivity index (χ3n) is 6.74. The normalized spacial score (nSPS) is 12.6. The summed E-state index contributed by atoms with van der Waals surface area (Å²) in [4.78, 5) is 16.9. The van der Waals surface area contributed by atoms with E-state index >= 15 is 0 Å². The van der Waals surface area contributed by atoms with Crippen molar-refractivity contribution in [1.82, 2.24) is 25.1 Å². The number of halogens is 2. The second kappa shape index (κ2) is 15.2. The van der Waals surface area contributed by atoms with Gasteiger partial charge in [0, 0.05) is 37.6 Å². The fourth-order valence-corrected chi connectivity index (χ4v) is 4.68. The number of hydroxylamine groups is 1. The lowest BCUT2D eigenvalue weighted by molar-refractivity contribution is -0.129. The van der Waals surface area contributed by atoms with E-state index in [-0.39, 0.29) is 25.1 Å². The average Bonchev–Trinajstić information content (AvgIpc) is 3.49. The van der Waals surface area contributed by atoms with Crippen molar-refractivity contribution in [3.63, 3.8) is 0 Å². The average molecular weight is 596 g/mol. The maximum Gasteiger partial charge on any atom is 0.243 e. The number of amides is 1. The van der Waals surface area contributed by atoms with Crippen LogP contribution in [0.3, 0.4) is 0 Å². The van der Waals surface area contributed by atoms with Crippen LogP contribution in [-0.4, -0.2) is 62.7 Å². The molecule has 0 bridgehead atoms. The van der Waals surface area contributed by atoms with Crippen molar-refractivity contribution in [3.05, 3.63) is 108 Å². The number of benzene rings is 3. The number of hydrogen-bond acceptors (Lipinski definition) is 8. The van der Waals surface area contributed by atoms with Gasteiger partial charge in [-0.15, -0.1) is 0 Å². The van der Waals surface area contributed by atoms with Crippen LogP contribution < -0.4 is 15.0 Å². The number of ether oxygens (including phenoxy) is 2. The first kappa shape index (κ1) is 31.5. The summed E-state index contributed by atoms with van der Waals surface area (Å²) in [6, 6.07) is 18.2. The fraction of sp³-hybridized carbons (Fsp3) is 0.323. The number of carbonyl (C=O) groups excluding carboxylic acids is 1. The van der Waals surface area contributed by atoms with Crippen molar-refractivity contribution in [2.45, 2.75) is 38.0 Å². The van der Waals surface area contributed by atoms with E-state index in [2.05, 4.69) is 10.1 Å². The Bertz CT molecular complexity index is 1440. The molecule has 1 heterocycles. The molecule has 0 aliphatic rings. The maximum absolute atomic E-state index is 14.7. The zero-order valence-electron chi connectivity index (χ0n) is 23.8. The lowest BCUT2D eigenvalue weighted by Crippen LogP contribution is -2.43. The van der Waals surface area contributed by atoms with Gasteiger partial charge in [-0.2, -0.15) is 5.10 Å². The molecule has 0 fully saturated rings. The van der Waals surface area contributed by atoms with Crippen LogP contribution in [0.1, 0.15) is 29.5 Å². The molecule has 1 unspecified atom stereocenters. The Kier molecular flexibility index (Phi) is 11.1. The third kappa shape index (κ3) is 9.57. The molecule has 0 spiro atoms. The van der Waals surface area contributed by atoms with Crippen LogP contribution in [0.2, 0.25) is 0 Å². The third-order valence-corrected chi connectivity index (χ3v) is 6.74. The van der Waals surface area contributed by atoms with Crippen LogP contribution in [0.15, 0.2) is 79.4 Å². The molecule has 1 amide bonds. The highest BCUT2D eigenvalue weighted by Gasteiger charge is 2.34. The van der Waals surface area contributed by atoms with Crippen LogP contribution in [-0.2, 0) is 29.9 Å². The molecular weight excluding hydrogens is 560 g/mol. The van der Waals surface area contributed by atoms with Gasteiger partial charge < -0.3 is 14.6 Å². The first-order chi connectivity index (χ1) is 20.7. The molecule has 43 heavy (non-hydrogen) atoms. The lowest BCUT2D eigenvalue weighted by atomic mass is 9.92. The quantitative estimate of drug-likeness (QED) is 0.101. The number of rotatable bonds is 16. The number of aliphatic hydroxyl groups is 1. The van der Waals surface area contributed by atoms with Crippen molar-refractivity contribution in [2.75, 3.05) is 26.8 Å². The van der Waals surface area contributed by atoms with Crippen LogP contribution in [0.25, 0.3) is 0 Å². The van der Waals surface area contributed by atoms with Crippen LogP contribution in [0, 0.1) is 11.6 Å². The van der Waals surface area contributed by atoms with Crippen molar-refractivity contribution in [1.29, 1.82) is 0 Å². The molecule has 0 radical (unpaired) electrons. The Morgan fingerprint density at radius 3 is 2.23 bits per heavy atom. The van der Waals surface area contributed by atoms with Gasteiger partial charge in [0.1, 0.15) is 41.4 Å². The smallest absolute Gasteiger partial charge is 0.243 e. The second-order valence-electron chi connectivity index (χ2n) is 10.3. The molecule has 0 aliphatic heterocycles. The summed E-state index contributed by atoms with van der Waals surface area (Å²) in [5.74, 6) is -0.546. The minimum atomic E-state index is -1.69. The van der Waals surface area contributed by atoms with Crippen LogP contribution in [0.5, 0.6) is 11.5 Å². The molecule has 12 heteroatoms. The Labute approximate surface area is 248 Å². The van der Waals surface area contributed by atoms with Gasteiger partial charge in [-0.05, 0) is 54.9 Å². The molecule has 0 saturated heterocycles. The van der Waals surface area contributed by atoms with E-state index < -0.39 is 23.1 Å². The predicted octanol–water partition coefficient (Wildman–Crippen LogP) is 3.86. The van der Waals surface area contributed by atoms with Gasteiger partial charge in [0.2, 0.25) is 5.91 Å². The SMILES string of the molecule is CN(Cc1ccc(OCCCOc2ccc(CCC(=O)NO)cc2)cc1)CC(O)(Cn1cncn1)c1ccc(F)cc1F. The summed E-state index contributed by atoms with van der Waals surface area (Å²) in [6.45, 7) is 1.39. The Morgan fingerprint density at radius 1 is 1.00 bits per heavy atom. The Morgan fingerprint density at radius 2 is 1.65 bits per heavy atom. The molecule has 1 atom stereocenters. The first-order valence-electron chi connectivity index (χ1n) is 13.8. The van der Waals surface area contributed by atoms with Gasteiger partial charge in [0.15, 0.2) is 0 Å². The minimum Gasteiger partial charge on any atom is -0.493 e. The molecule has 4 rings (SSSR count). The maximum atomic E-state index is 14.7. The van der Waals surface area contributed by atoms with Gasteiger partial charge in [-0.3, -0.25) is 14.9 Å². The summed E-state index contributed by atoms with van der Waals surface area (Å²) >= 11 is 0. The van der Waals surface area contributed by atoms with Gasteiger partial charge in [-0.25, -0.2) is 23.9 Å². The Hall–Kier alpha value is -4.39. The first-order valence-corrected chi connectivity index (χ1v) is 13.8. The van der Waals surface area contributed by atoms with Crippen molar-refractivity contribution in [2.24, 2.45) is 0 Å².